The molecule has 1 aliphatic heterocycles. The summed E-state index contributed by atoms with van der Waals surface area (Å²) in [5.74, 6) is 0. The van der Waals surface area contributed by atoms with E-state index in [1.165, 1.54) is 18.4 Å². The summed E-state index contributed by atoms with van der Waals surface area (Å²) >= 11 is 0. The van der Waals surface area contributed by atoms with Crippen LogP contribution in [-0.4, -0.2) is 29.2 Å². The Labute approximate surface area is 90.5 Å². The second-order valence-electron chi connectivity index (χ2n) is 5.03. The first-order valence-electron chi connectivity index (χ1n) is 5.73. The molecule has 1 atom stereocenters. The lowest BCUT2D eigenvalue weighted by atomic mass is 10.0. The van der Waals surface area contributed by atoms with Crippen molar-refractivity contribution < 1.29 is 5.11 Å². The van der Waals surface area contributed by atoms with Crippen molar-refractivity contribution in [2.75, 3.05) is 13.1 Å². The molecule has 2 heteroatoms. The van der Waals surface area contributed by atoms with Gasteiger partial charge in [0.1, 0.15) is 0 Å². The molecule has 80 valence electrons. The number of aliphatic hydroxyl groups is 1. The van der Waals surface area contributed by atoms with Crippen LogP contribution in [0.1, 0.15) is 18.4 Å². The van der Waals surface area contributed by atoms with E-state index < -0.39 is 0 Å². The number of nitrogens with zero attached hydrogens (tertiary/aromatic N) is 1. The Balaban J connectivity index is 1.66. The largest absolute Gasteiger partial charge is 0.391 e. The van der Waals surface area contributed by atoms with E-state index in [2.05, 4.69) is 29.2 Å². The monoisotopic (exact) mass is 203 g/mol. The number of likely N-dealkylation sites (tertiary alicyclic amines) is 1. The molecule has 0 aromatic heterocycles. The molecule has 2 nitrogen and oxygen atoms in total. The molecule has 1 aromatic carbocycles. The number of benzene rings is 1. The Bertz CT molecular complexity index is 345. The maximum Gasteiger partial charge on any atom is 0.0735 e. The zero-order chi connectivity index (χ0) is 10.3. The SMILES string of the molecule is O[C@@H]1CN(Cc2ccccc2)CC12CC2. The minimum Gasteiger partial charge on any atom is -0.391 e. The molecular formula is C13H17NO. The van der Waals surface area contributed by atoms with Crippen molar-refractivity contribution in [1.29, 1.82) is 0 Å². The van der Waals surface area contributed by atoms with Crippen LogP contribution >= 0.6 is 0 Å². The summed E-state index contributed by atoms with van der Waals surface area (Å²) in [7, 11) is 0. The molecular weight excluding hydrogens is 186 g/mol. The molecule has 1 aromatic rings. The van der Waals surface area contributed by atoms with Gasteiger partial charge < -0.3 is 5.11 Å². The molecule has 1 spiro atoms. The lowest BCUT2D eigenvalue weighted by molar-refractivity contribution is 0.131. The summed E-state index contributed by atoms with van der Waals surface area (Å²) < 4.78 is 0. The molecule has 1 N–H and O–H groups in total. The number of hydrogen-bond acceptors (Lipinski definition) is 2. The lowest BCUT2D eigenvalue weighted by Gasteiger charge is -2.14. The molecule has 1 aliphatic carbocycles. The maximum atomic E-state index is 9.93. The molecule has 0 amide bonds. The number of β-amino-alcohol motifs (C(OH)–C–C–N with tert-alkyl or cyclic N) is 1. The third-order valence-corrected chi connectivity index (χ3v) is 3.82. The Morgan fingerprint density at radius 3 is 2.60 bits per heavy atom. The highest BCUT2D eigenvalue weighted by molar-refractivity contribution is 5.16. The Morgan fingerprint density at radius 2 is 2.00 bits per heavy atom. The summed E-state index contributed by atoms with van der Waals surface area (Å²) in [5.41, 5.74) is 1.64. The van der Waals surface area contributed by atoms with Crippen LogP contribution in [0, 0.1) is 5.41 Å². The molecule has 0 bridgehead atoms. The predicted octanol–water partition coefficient (Wildman–Crippen LogP) is 1.64. The van der Waals surface area contributed by atoms with Crippen LogP contribution in [0.25, 0.3) is 0 Å². The average molecular weight is 203 g/mol. The highest BCUT2D eigenvalue weighted by Gasteiger charge is 2.54. The van der Waals surface area contributed by atoms with Gasteiger partial charge in [-0.1, -0.05) is 30.3 Å². The first-order valence-corrected chi connectivity index (χ1v) is 5.73. The fraction of sp³-hybridized carbons (Fsp3) is 0.538. The maximum absolute atomic E-state index is 9.93. The van der Waals surface area contributed by atoms with Gasteiger partial charge in [-0.05, 0) is 18.4 Å². The van der Waals surface area contributed by atoms with Crippen molar-refractivity contribution in [3.8, 4) is 0 Å². The van der Waals surface area contributed by atoms with Crippen LogP contribution < -0.4 is 0 Å². The first-order chi connectivity index (χ1) is 7.28. The Kier molecular flexibility index (Phi) is 2.08. The molecule has 1 saturated heterocycles. The van der Waals surface area contributed by atoms with E-state index in [1.807, 2.05) is 6.07 Å². The van der Waals surface area contributed by atoms with Crippen LogP contribution in [-0.2, 0) is 6.54 Å². The van der Waals surface area contributed by atoms with Crippen molar-refractivity contribution in [2.24, 2.45) is 5.41 Å². The lowest BCUT2D eigenvalue weighted by Crippen LogP contribution is -2.21. The van der Waals surface area contributed by atoms with Gasteiger partial charge in [0.15, 0.2) is 0 Å². The molecule has 1 heterocycles. The van der Waals surface area contributed by atoms with Crippen LogP contribution in [0.4, 0.5) is 0 Å². The molecule has 2 fully saturated rings. The fourth-order valence-corrected chi connectivity index (χ4v) is 2.67. The van der Waals surface area contributed by atoms with Gasteiger partial charge in [-0.2, -0.15) is 0 Å². The van der Waals surface area contributed by atoms with E-state index in [0.29, 0.717) is 0 Å². The first kappa shape index (κ1) is 9.37. The van der Waals surface area contributed by atoms with E-state index in [9.17, 15) is 5.11 Å². The summed E-state index contributed by atoms with van der Waals surface area (Å²) in [4.78, 5) is 2.38. The Morgan fingerprint density at radius 1 is 1.27 bits per heavy atom. The van der Waals surface area contributed by atoms with Gasteiger partial charge in [0.05, 0.1) is 6.10 Å². The normalized spacial score (nSPS) is 28.5. The van der Waals surface area contributed by atoms with Gasteiger partial charge in [0.25, 0.3) is 0 Å². The van der Waals surface area contributed by atoms with Crippen LogP contribution in [0.15, 0.2) is 30.3 Å². The fourth-order valence-electron chi connectivity index (χ4n) is 2.67. The second-order valence-corrected chi connectivity index (χ2v) is 5.03. The van der Waals surface area contributed by atoms with Crippen molar-refractivity contribution in [3.63, 3.8) is 0 Å². The highest BCUT2D eigenvalue weighted by atomic mass is 16.3. The Hall–Kier alpha value is -0.860. The van der Waals surface area contributed by atoms with Gasteiger partial charge in [-0.25, -0.2) is 0 Å². The van der Waals surface area contributed by atoms with Gasteiger partial charge in [-0.3, -0.25) is 4.90 Å². The number of rotatable bonds is 2. The molecule has 3 rings (SSSR count). The summed E-state index contributed by atoms with van der Waals surface area (Å²) in [6.45, 7) is 2.93. The molecule has 0 radical (unpaired) electrons. The standard InChI is InChI=1S/C13H17NO/c15-12-9-14(10-13(12)6-7-13)8-11-4-2-1-3-5-11/h1-5,12,15H,6-10H2/t12-/m1/s1. The van der Waals surface area contributed by atoms with Gasteiger partial charge in [-0.15, -0.1) is 0 Å². The second kappa shape index (κ2) is 3.32. The smallest absolute Gasteiger partial charge is 0.0735 e. The third kappa shape index (κ3) is 1.68. The van der Waals surface area contributed by atoms with E-state index >= 15 is 0 Å². The summed E-state index contributed by atoms with van der Waals surface area (Å²) in [5, 5.41) is 9.93. The predicted molar refractivity (Wildman–Crippen MR) is 59.4 cm³/mol. The van der Waals surface area contributed by atoms with Gasteiger partial charge in [0.2, 0.25) is 0 Å². The van der Waals surface area contributed by atoms with Gasteiger partial charge >= 0.3 is 0 Å². The minimum absolute atomic E-state index is 0.0822. The van der Waals surface area contributed by atoms with Crippen LogP contribution in [0.2, 0.25) is 0 Å². The topological polar surface area (TPSA) is 23.5 Å². The zero-order valence-corrected chi connectivity index (χ0v) is 8.89. The molecule has 0 unspecified atom stereocenters. The quantitative estimate of drug-likeness (QED) is 0.790. The number of aliphatic hydroxyl groups excluding tert-OH is 1. The van der Waals surface area contributed by atoms with E-state index in [-0.39, 0.29) is 11.5 Å². The van der Waals surface area contributed by atoms with E-state index in [0.717, 1.165) is 19.6 Å². The van der Waals surface area contributed by atoms with Gasteiger partial charge in [0, 0.05) is 25.0 Å². The van der Waals surface area contributed by atoms with Crippen molar-refractivity contribution in [1.82, 2.24) is 4.90 Å². The van der Waals surface area contributed by atoms with Crippen LogP contribution in [0.3, 0.4) is 0 Å². The molecule has 2 aliphatic rings. The average Bonchev–Trinajstić information content (AvgIpc) is 2.93. The van der Waals surface area contributed by atoms with Crippen molar-refractivity contribution >= 4 is 0 Å². The van der Waals surface area contributed by atoms with E-state index in [4.69, 9.17) is 0 Å². The summed E-state index contributed by atoms with van der Waals surface area (Å²) in [6.07, 6.45) is 2.36. The van der Waals surface area contributed by atoms with E-state index in [1.54, 1.807) is 0 Å². The van der Waals surface area contributed by atoms with Crippen LogP contribution in [0.5, 0.6) is 0 Å². The van der Waals surface area contributed by atoms with Crippen molar-refractivity contribution in [2.45, 2.75) is 25.5 Å². The number of hydrogen-bond donors (Lipinski definition) is 1. The summed E-state index contributed by atoms with van der Waals surface area (Å²) in [6, 6.07) is 10.5. The highest BCUT2D eigenvalue weighted by Crippen LogP contribution is 2.52. The molecule has 15 heavy (non-hydrogen) atoms. The minimum atomic E-state index is -0.0822. The zero-order valence-electron chi connectivity index (χ0n) is 8.89. The van der Waals surface area contributed by atoms with Crippen molar-refractivity contribution in [3.05, 3.63) is 35.9 Å². The third-order valence-electron chi connectivity index (χ3n) is 3.82. The molecule has 1 saturated carbocycles.